The van der Waals surface area contributed by atoms with E-state index in [0.717, 1.165) is 17.9 Å². The molecule has 5 heteroatoms. The van der Waals surface area contributed by atoms with Gasteiger partial charge in [0.05, 0.1) is 6.61 Å². The maximum atomic E-state index is 5.79. The van der Waals surface area contributed by atoms with Gasteiger partial charge in [0.2, 0.25) is 5.88 Å². The average Bonchev–Trinajstić information content (AvgIpc) is 2.47. The SMILES string of the molecule is CCOc1cc(N(C)Cc2ccccc2CN)nc(C)n1. The third-order valence-electron chi connectivity index (χ3n) is 3.23. The Morgan fingerprint density at radius 1 is 1.19 bits per heavy atom. The number of ether oxygens (including phenoxy) is 1. The molecule has 0 radical (unpaired) electrons. The van der Waals surface area contributed by atoms with Gasteiger partial charge in [-0.1, -0.05) is 24.3 Å². The molecule has 0 bridgehead atoms. The largest absolute Gasteiger partial charge is 0.478 e. The number of aryl methyl sites for hydroxylation is 1. The van der Waals surface area contributed by atoms with E-state index in [-0.39, 0.29) is 0 Å². The van der Waals surface area contributed by atoms with Crippen LogP contribution in [0.5, 0.6) is 5.88 Å². The van der Waals surface area contributed by atoms with Crippen molar-refractivity contribution < 1.29 is 4.74 Å². The van der Waals surface area contributed by atoms with Crippen molar-refractivity contribution in [1.29, 1.82) is 0 Å². The lowest BCUT2D eigenvalue weighted by atomic mass is 10.1. The Labute approximate surface area is 125 Å². The normalized spacial score (nSPS) is 10.5. The molecule has 0 fully saturated rings. The molecular formula is C16H22N4O. The van der Waals surface area contributed by atoms with Crippen molar-refractivity contribution in [2.75, 3.05) is 18.6 Å². The van der Waals surface area contributed by atoms with Crippen molar-refractivity contribution in [2.45, 2.75) is 26.9 Å². The second-order valence-electron chi connectivity index (χ2n) is 4.87. The van der Waals surface area contributed by atoms with Gasteiger partial charge in [-0.15, -0.1) is 0 Å². The van der Waals surface area contributed by atoms with Crippen LogP contribution < -0.4 is 15.4 Å². The molecule has 0 unspecified atom stereocenters. The number of hydrogen-bond acceptors (Lipinski definition) is 5. The van der Waals surface area contributed by atoms with Crippen LogP contribution in [0.4, 0.5) is 5.82 Å². The van der Waals surface area contributed by atoms with E-state index < -0.39 is 0 Å². The van der Waals surface area contributed by atoms with E-state index in [4.69, 9.17) is 10.5 Å². The fourth-order valence-corrected chi connectivity index (χ4v) is 2.19. The molecular weight excluding hydrogens is 264 g/mol. The maximum Gasteiger partial charge on any atom is 0.218 e. The summed E-state index contributed by atoms with van der Waals surface area (Å²) in [4.78, 5) is 10.8. The highest BCUT2D eigenvalue weighted by atomic mass is 16.5. The molecule has 1 aromatic carbocycles. The van der Waals surface area contributed by atoms with E-state index in [0.29, 0.717) is 24.9 Å². The van der Waals surface area contributed by atoms with Gasteiger partial charge >= 0.3 is 0 Å². The first-order chi connectivity index (χ1) is 10.1. The van der Waals surface area contributed by atoms with Crippen molar-refractivity contribution in [3.8, 4) is 5.88 Å². The smallest absolute Gasteiger partial charge is 0.218 e. The van der Waals surface area contributed by atoms with Crippen LogP contribution in [0, 0.1) is 6.92 Å². The Balaban J connectivity index is 2.21. The minimum Gasteiger partial charge on any atom is -0.478 e. The van der Waals surface area contributed by atoms with E-state index in [9.17, 15) is 0 Å². The molecule has 0 saturated heterocycles. The zero-order valence-electron chi connectivity index (χ0n) is 12.8. The molecule has 5 nitrogen and oxygen atoms in total. The monoisotopic (exact) mass is 286 g/mol. The minimum absolute atomic E-state index is 0.539. The summed E-state index contributed by atoms with van der Waals surface area (Å²) in [5.41, 5.74) is 8.15. The lowest BCUT2D eigenvalue weighted by Crippen LogP contribution is -2.20. The number of aromatic nitrogens is 2. The summed E-state index contributed by atoms with van der Waals surface area (Å²) in [6, 6.07) is 10.0. The van der Waals surface area contributed by atoms with Gasteiger partial charge in [0.25, 0.3) is 0 Å². The zero-order valence-corrected chi connectivity index (χ0v) is 12.8. The summed E-state index contributed by atoms with van der Waals surface area (Å²) in [5, 5.41) is 0. The lowest BCUT2D eigenvalue weighted by Gasteiger charge is -2.20. The molecule has 112 valence electrons. The molecule has 2 aromatic rings. The maximum absolute atomic E-state index is 5.79. The van der Waals surface area contributed by atoms with E-state index in [2.05, 4.69) is 27.0 Å². The predicted octanol–water partition coefficient (Wildman–Crippen LogP) is 2.28. The van der Waals surface area contributed by atoms with Crippen LogP contribution in [0.25, 0.3) is 0 Å². The molecule has 1 heterocycles. The van der Waals surface area contributed by atoms with Crippen LogP contribution in [0.1, 0.15) is 23.9 Å². The van der Waals surface area contributed by atoms with Crippen LogP contribution in [-0.4, -0.2) is 23.6 Å². The predicted molar refractivity (Wildman–Crippen MR) is 84.4 cm³/mol. The first-order valence-corrected chi connectivity index (χ1v) is 7.10. The second kappa shape index (κ2) is 7.04. The number of hydrogen-bond donors (Lipinski definition) is 1. The van der Waals surface area contributed by atoms with Gasteiger partial charge in [-0.3, -0.25) is 0 Å². The van der Waals surface area contributed by atoms with Crippen molar-refractivity contribution in [2.24, 2.45) is 5.73 Å². The van der Waals surface area contributed by atoms with Gasteiger partial charge in [-0.05, 0) is 25.0 Å². The van der Waals surface area contributed by atoms with Gasteiger partial charge in [-0.2, -0.15) is 4.98 Å². The van der Waals surface area contributed by atoms with Gasteiger partial charge in [-0.25, -0.2) is 4.98 Å². The number of rotatable bonds is 6. The highest BCUT2D eigenvalue weighted by Crippen LogP contribution is 2.19. The topological polar surface area (TPSA) is 64.3 Å². The minimum atomic E-state index is 0.539. The Hall–Kier alpha value is -2.14. The molecule has 21 heavy (non-hydrogen) atoms. The molecule has 0 spiro atoms. The average molecular weight is 286 g/mol. The summed E-state index contributed by atoms with van der Waals surface area (Å²) >= 11 is 0. The molecule has 2 N–H and O–H groups in total. The number of anilines is 1. The first kappa shape index (κ1) is 15.3. The summed E-state index contributed by atoms with van der Waals surface area (Å²) in [5.74, 6) is 2.16. The molecule has 0 amide bonds. The van der Waals surface area contributed by atoms with Crippen molar-refractivity contribution >= 4 is 5.82 Å². The summed E-state index contributed by atoms with van der Waals surface area (Å²) < 4.78 is 5.47. The van der Waals surface area contributed by atoms with Crippen LogP contribution in [-0.2, 0) is 13.1 Å². The highest BCUT2D eigenvalue weighted by Gasteiger charge is 2.09. The summed E-state index contributed by atoms with van der Waals surface area (Å²) in [7, 11) is 2.00. The van der Waals surface area contributed by atoms with Crippen LogP contribution in [0.15, 0.2) is 30.3 Å². The highest BCUT2D eigenvalue weighted by molar-refractivity contribution is 5.43. The number of nitrogens with two attached hydrogens (primary N) is 1. The van der Waals surface area contributed by atoms with E-state index in [1.165, 1.54) is 5.56 Å². The third kappa shape index (κ3) is 3.92. The van der Waals surface area contributed by atoms with Crippen LogP contribution >= 0.6 is 0 Å². The standard InChI is InChI=1S/C16H22N4O/c1-4-21-16-9-15(18-12(2)19-16)20(3)11-14-8-6-5-7-13(14)10-17/h5-9H,4,10-11,17H2,1-3H3. The molecule has 1 aromatic heterocycles. The number of benzene rings is 1. The molecule has 0 saturated carbocycles. The van der Waals surface area contributed by atoms with E-state index in [1.54, 1.807) is 0 Å². The molecule has 0 atom stereocenters. The molecule has 0 aliphatic carbocycles. The number of nitrogens with zero attached hydrogens (tertiary/aromatic N) is 3. The third-order valence-corrected chi connectivity index (χ3v) is 3.23. The van der Waals surface area contributed by atoms with E-state index in [1.807, 2.05) is 39.1 Å². The fraction of sp³-hybridized carbons (Fsp3) is 0.375. The van der Waals surface area contributed by atoms with Crippen molar-refractivity contribution in [3.63, 3.8) is 0 Å². The lowest BCUT2D eigenvalue weighted by molar-refractivity contribution is 0.325. The van der Waals surface area contributed by atoms with Crippen molar-refractivity contribution in [1.82, 2.24) is 9.97 Å². The molecule has 0 aliphatic rings. The van der Waals surface area contributed by atoms with Crippen LogP contribution in [0.3, 0.4) is 0 Å². The van der Waals surface area contributed by atoms with E-state index >= 15 is 0 Å². The summed E-state index contributed by atoms with van der Waals surface area (Å²) in [6.45, 7) is 5.69. The second-order valence-corrected chi connectivity index (χ2v) is 4.87. The first-order valence-electron chi connectivity index (χ1n) is 7.10. The Morgan fingerprint density at radius 2 is 1.90 bits per heavy atom. The summed E-state index contributed by atoms with van der Waals surface area (Å²) in [6.07, 6.45) is 0. The van der Waals surface area contributed by atoms with Gasteiger partial charge in [0.15, 0.2) is 0 Å². The molecule has 2 rings (SSSR count). The fourth-order valence-electron chi connectivity index (χ4n) is 2.19. The zero-order chi connectivity index (χ0) is 15.2. The molecule has 0 aliphatic heterocycles. The Morgan fingerprint density at radius 3 is 2.57 bits per heavy atom. The van der Waals surface area contributed by atoms with Gasteiger partial charge in [0.1, 0.15) is 11.6 Å². The Kier molecular flexibility index (Phi) is 5.11. The Bertz CT molecular complexity index is 601. The van der Waals surface area contributed by atoms with Crippen molar-refractivity contribution in [3.05, 3.63) is 47.3 Å². The van der Waals surface area contributed by atoms with Crippen LogP contribution in [0.2, 0.25) is 0 Å². The van der Waals surface area contributed by atoms with Gasteiger partial charge < -0.3 is 15.4 Å². The quantitative estimate of drug-likeness (QED) is 0.882. The van der Waals surface area contributed by atoms with Gasteiger partial charge in [0, 0.05) is 26.2 Å².